The van der Waals surface area contributed by atoms with Crippen LogP contribution in [0.15, 0.2) is 0 Å². The summed E-state index contributed by atoms with van der Waals surface area (Å²) in [4.78, 5) is 12.8. The van der Waals surface area contributed by atoms with Gasteiger partial charge in [0.15, 0.2) is 0 Å². The van der Waals surface area contributed by atoms with Crippen molar-refractivity contribution in [2.75, 3.05) is 19.7 Å². The number of aliphatic hydroxyl groups is 1. The van der Waals surface area contributed by atoms with Crippen LogP contribution in [-0.2, 0) is 4.79 Å². The molecule has 0 aromatic rings. The van der Waals surface area contributed by atoms with E-state index in [1.165, 1.54) is 0 Å². The quantitative estimate of drug-likeness (QED) is 0.641. The Morgan fingerprint density at radius 3 is 2.20 bits per heavy atom. The smallest absolute Gasteiger partial charge is 0.307 e. The number of hydrogen-bond donors (Lipinski definition) is 2. The number of rotatable bonds is 8. The molecule has 0 rings (SSSR count). The van der Waals surface area contributed by atoms with E-state index in [9.17, 15) is 4.79 Å². The van der Waals surface area contributed by atoms with Gasteiger partial charge in [-0.1, -0.05) is 20.8 Å². The zero-order valence-corrected chi connectivity index (χ0v) is 9.94. The summed E-state index contributed by atoms with van der Waals surface area (Å²) in [6.45, 7) is 7.04. The molecule has 0 aliphatic heterocycles. The lowest BCUT2D eigenvalue weighted by molar-refractivity contribution is -0.142. The summed E-state index contributed by atoms with van der Waals surface area (Å²) < 4.78 is 0. The Morgan fingerprint density at radius 1 is 1.33 bits per heavy atom. The lowest BCUT2D eigenvalue weighted by atomic mass is 10.1. The summed E-state index contributed by atoms with van der Waals surface area (Å²) in [6, 6.07) is 0.374. The van der Waals surface area contributed by atoms with Gasteiger partial charge in [0.05, 0.1) is 12.5 Å². The predicted molar refractivity (Wildman–Crippen MR) is 59.8 cm³/mol. The van der Waals surface area contributed by atoms with Gasteiger partial charge in [-0.3, -0.25) is 9.69 Å². The fraction of sp³-hybridized carbons (Fsp3) is 0.909. The first-order valence-corrected chi connectivity index (χ1v) is 5.64. The molecule has 15 heavy (non-hydrogen) atoms. The van der Waals surface area contributed by atoms with Crippen LogP contribution in [0.3, 0.4) is 0 Å². The minimum atomic E-state index is -0.774. The Labute approximate surface area is 91.9 Å². The van der Waals surface area contributed by atoms with Gasteiger partial charge in [-0.2, -0.15) is 0 Å². The Balaban J connectivity index is 4.30. The second-order valence-corrected chi connectivity index (χ2v) is 3.93. The molecule has 2 N–H and O–H groups in total. The van der Waals surface area contributed by atoms with Crippen molar-refractivity contribution in [3.8, 4) is 0 Å². The van der Waals surface area contributed by atoms with Gasteiger partial charge in [-0.05, 0) is 12.8 Å². The Morgan fingerprint density at radius 2 is 1.87 bits per heavy atom. The van der Waals surface area contributed by atoms with Crippen molar-refractivity contribution in [1.29, 1.82) is 0 Å². The van der Waals surface area contributed by atoms with Gasteiger partial charge in [0.1, 0.15) is 0 Å². The Bertz CT molecular complexity index is 181. The third-order valence-electron chi connectivity index (χ3n) is 2.78. The maximum atomic E-state index is 10.7. The Hall–Kier alpha value is -0.610. The number of hydrogen-bond acceptors (Lipinski definition) is 3. The van der Waals surface area contributed by atoms with E-state index in [1.807, 2.05) is 0 Å². The molecule has 0 amide bonds. The van der Waals surface area contributed by atoms with Crippen LogP contribution in [0, 0.1) is 5.92 Å². The standard InChI is InChI=1S/C11H23NO3/c1-4-10(5-2)12(6-7-13)8-9(3)11(14)15/h9-10,13H,4-8H2,1-3H3,(H,14,15). The first-order valence-electron chi connectivity index (χ1n) is 5.64. The molecule has 0 fully saturated rings. The van der Waals surface area contributed by atoms with Crippen LogP contribution in [-0.4, -0.2) is 46.8 Å². The van der Waals surface area contributed by atoms with Gasteiger partial charge in [0.25, 0.3) is 0 Å². The number of carboxylic acid groups (broad SMARTS) is 1. The second-order valence-electron chi connectivity index (χ2n) is 3.93. The normalized spacial score (nSPS) is 13.5. The van der Waals surface area contributed by atoms with E-state index in [0.717, 1.165) is 12.8 Å². The summed E-state index contributed by atoms with van der Waals surface area (Å²) in [5.74, 6) is -1.15. The van der Waals surface area contributed by atoms with Gasteiger partial charge in [-0.15, -0.1) is 0 Å². The highest BCUT2D eigenvalue weighted by molar-refractivity contribution is 5.69. The van der Waals surface area contributed by atoms with Crippen molar-refractivity contribution in [2.24, 2.45) is 5.92 Å². The van der Waals surface area contributed by atoms with Crippen molar-refractivity contribution in [3.63, 3.8) is 0 Å². The molecule has 90 valence electrons. The van der Waals surface area contributed by atoms with E-state index in [-0.39, 0.29) is 12.5 Å². The highest BCUT2D eigenvalue weighted by Crippen LogP contribution is 2.11. The first kappa shape index (κ1) is 14.4. The van der Waals surface area contributed by atoms with Crippen molar-refractivity contribution >= 4 is 5.97 Å². The maximum absolute atomic E-state index is 10.7. The lowest BCUT2D eigenvalue weighted by Gasteiger charge is -2.31. The van der Waals surface area contributed by atoms with E-state index in [1.54, 1.807) is 6.92 Å². The molecule has 1 unspecified atom stereocenters. The van der Waals surface area contributed by atoms with Crippen molar-refractivity contribution in [1.82, 2.24) is 4.90 Å². The monoisotopic (exact) mass is 217 g/mol. The van der Waals surface area contributed by atoms with Crippen LogP contribution in [0.1, 0.15) is 33.6 Å². The SMILES string of the molecule is CCC(CC)N(CCO)CC(C)C(=O)O. The molecule has 0 aliphatic carbocycles. The zero-order chi connectivity index (χ0) is 11.8. The van der Waals surface area contributed by atoms with Crippen LogP contribution in [0.2, 0.25) is 0 Å². The highest BCUT2D eigenvalue weighted by atomic mass is 16.4. The zero-order valence-electron chi connectivity index (χ0n) is 9.94. The predicted octanol–water partition coefficient (Wildman–Crippen LogP) is 1.19. The molecule has 4 heteroatoms. The maximum Gasteiger partial charge on any atom is 0.307 e. The van der Waals surface area contributed by atoms with Crippen molar-refractivity contribution in [3.05, 3.63) is 0 Å². The van der Waals surface area contributed by atoms with Gasteiger partial charge >= 0.3 is 5.97 Å². The van der Waals surface area contributed by atoms with Gasteiger partial charge in [-0.25, -0.2) is 0 Å². The fourth-order valence-electron chi connectivity index (χ4n) is 1.79. The van der Waals surface area contributed by atoms with E-state index in [0.29, 0.717) is 19.1 Å². The lowest BCUT2D eigenvalue weighted by Crippen LogP contribution is -2.41. The minimum absolute atomic E-state index is 0.0861. The minimum Gasteiger partial charge on any atom is -0.481 e. The molecular weight excluding hydrogens is 194 g/mol. The van der Waals surface area contributed by atoms with Gasteiger partial charge in [0.2, 0.25) is 0 Å². The summed E-state index contributed by atoms with van der Waals surface area (Å²) >= 11 is 0. The molecule has 0 aromatic carbocycles. The van der Waals surface area contributed by atoms with Crippen LogP contribution >= 0.6 is 0 Å². The first-order chi connectivity index (χ1) is 7.06. The van der Waals surface area contributed by atoms with Crippen LogP contribution < -0.4 is 0 Å². The third kappa shape index (κ3) is 5.14. The number of carboxylic acids is 1. The molecule has 1 atom stereocenters. The van der Waals surface area contributed by atoms with Gasteiger partial charge in [0, 0.05) is 19.1 Å². The largest absolute Gasteiger partial charge is 0.481 e. The fourth-order valence-corrected chi connectivity index (χ4v) is 1.79. The molecular formula is C11H23NO3. The van der Waals surface area contributed by atoms with E-state index in [2.05, 4.69) is 18.7 Å². The molecule has 0 radical (unpaired) electrons. The summed E-state index contributed by atoms with van der Waals surface area (Å²) in [6.07, 6.45) is 1.98. The number of nitrogens with zero attached hydrogens (tertiary/aromatic N) is 1. The van der Waals surface area contributed by atoms with E-state index < -0.39 is 5.97 Å². The summed E-state index contributed by atoms with van der Waals surface area (Å²) in [7, 11) is 0. The van der Waals surface area contributed by atoms with Crippen LogP contribution in [0.4, 0.5) is 0 Å². The van der Waals surface area contributed by atoms with Gasteiger partial charge < -0.3 is 10.2 Å². The number of aliphatic hydroxyl groups excluding tert-OH is 1. The number of carbonyl (C=O) groups is 1. The van der Waals surface area contributed by atoms with E-state index >= 15 is 0 Å². The van der Waals surface area contributed by atoms with Crippen LogP contribution in [0.5, 0.6) is 0 Å². The van der Waals surface area contributed by atoms with Crippen LogP contribution in [0.25, 0.3) is 0 Å². The average molecular weight is 217 g/mol. The summed E-state index contributed by atoms with van der Waals surface area (Å²) in [5.41, 5.74) is 0. The van der Waals surface area contributed by atoms with E-state index in [4.69, 9.17) is 10.2 Å². The molecule has 0 heterocycles. The molecule has 0 saturated heterocycles. The topological polar surface area (TPSA) is 60.8 Å². The molecule has 0 bridgehead atoms. The second kappa shape index (κ2) is 7.65. The summed E-state index contributed by atoms with van der Waals surface area (Å²) in [5, 5.41) is 17.8. The Kier molecular flexibility index (Phi) is 7.34. The molecule has 0 saturated carbocycles. The molecule has 0 spiro atoms. The molecule has 0 aliphatic rings. The van der Waals surface area contributed by atoms with Crippen molar-refractivity contribution < 1.29 is 15.0 Å². The average Bonchev–Trinajstić information content (AvgIpc) is 2.19. The molecule has 4 nitrogen and oxygen atoms in total. The van der Waals surface area contributed by atoms with Crippen molar-refractivity contribution in [2.45, 2.75) is 39.7 Å². The highest BCUT2D eigenvalue weighted by Gasteiger charge is 2.20. The number of aliphatic carboxylic acids is 1. The third-order valence-corrected chi connectivity index (χ3v) is 2.78. The molecule has 0 aromatic heterocycles.